The van der Waals surface area contributed by atoms with Crippen molar-refractivity contribution >= 4 is 16.9 Å². The molecule has 4 nitrogen and oxygen atoms in total. The summed E-state index contributed by atoms with van der Waals surface area (Å²) in [7, 11) is 0. The van der Waals surface area contributed by atoms with Crippen molar-refractivity contribution in [2.75, 3.05) is 0 Å². The summed E-state index contributed by atoms with van der Waals surface area (Å²) in [5, 5.41) is 18.7. The van der Waals surface area contributed by atoms with Crippen LogP contribution in [-0.2, 0) is 0 Å². The topological polar surface area (TPSA) is 73.3 Å². The van der Waals surface area contributed by atoms with Crippen LogP contribution in [-0.4, -0.2) is 21.2 Å². The Morgan fingerprint density at radius 3 is 2.77 bits per heavy atom. The summed E-state index contributed by atoms with van der Waals surface area (Å²) >= 11 is 0. The van der Waals surface area contributed by atoms with Gasteiger partial charge in [0, 0.05) is 11.6 Å². The van der Waals surface area contributed by atoms with Gasteiger partial charge in [0.15, 0.2) is 0 Å². The maximum Gasteiger partial charge on any atom is 0.336 e. The van der Waals surface area contributed by atoms with Crippen LogP contribution >= 0.6 is 0 Å². The standard InChI is InChI=1S/C9H7NO3/c11-7-2-1-6(9(12)13)5-3-4-10-8(5)7/h1-4,10-11H,(H,12,13). The highest BCUT2D eigenvalue weighted by Crippen LogP contribution is 2.25. The lowest BCUT2D eigenvalue weighted by Crippen LogP contribution is -1.95. The molecule has 0 bridgehead atoms. The smallest absolute Gasteiger partial charge is 0.336 e. The van der Waals surface area contributed by atoms with Gasteiger partial charge in [0.1, 0.15) is 5.75 Å². The first-order valence-corrected chi connectivity index (χ1v) is 3.72. The van der Waals surface area contributed by atoms with Crippen LogP contribution in [0.3, 0.4) is 0 Å². The van der Waals surface area contributed by atoms with Crippen molar-refractivity contribution in [2.24, 2.45) is 0 Å². The van der Waals surface area contributed by atoms with E-state index in [-0.39, 0.29) is 11.3 Å². The van der Waals surface area contributed by atoms with E-state index in [0.717, 1.165) is 0 Å². The van der Waals surface area contributed by atoms with E-state index in [2.05, 4.69) is 4.98 Å². The van der Waals surface area contributed by atoms with Crippen molar-refractivity contribution < 1.29 is 15.0 Å². The number of aromatic hydroxyl groups is 1. The van der Waals surface area contributed by atoms with Crippen LogP contribution in [0.15, 0.2) is 24.4 Å². The van der Waals surface area contributed by atoms with Crippen molar-refractivity contribution in [1.82, 2.24) is 4.98 Å². The molecule has 2 rings (SSSR count). The van der Waals surface area contributed by atoms with E-state index in [4.69, 9.17) is 5.11 Å². The fourth-order valence-electron chi connectivity index (χ4n) is 1.33. The first-order valence-electron chi connectivity index (χ1n) is 3.72. The number of H-pyrrole nitrogens is 1. The molecule has 0 aliphatic heterocycles. The Morgan fingerprint density at radius 1 is 1.31 bits per heavy atom. The van der Waals surface area contributed by atoms with Crippen molar-refractivity contribution in [3.05, 3.63) is 30.0 Å². The summed E-state index contributed by atoms with van der Waals surface area (Å²) in [6, 6.07) is 4.37. The number of phenols is 1. The Bertz CT molecular complexity index is 473. The second kappa shape index (κ2) is 2.52. The van der Waals surface area contributed by atoms with Gasteiger partial charge in [-0.25, -0.2) is 4.79 Å². The molecule has 0 aliphatic rings. The van der Waals surface area contributed by atoms with Crippen molar-refractivity contribution in [2.45, 2.75) is 0 Å². The van der Waals surface area contributed by atoms with Gasteiger partial charge < -0.3 is 15.2 Å². The summed E-state index contributed by atoms with van der Waals surface area (Å²) < 4.78 is 0. The molecule has 1 aromatic heterocycles. The molecule has 0 saturated carbocycles. The molecule has 2 aromatic rings. The van der Waals surface area contributed by atoms with Gasteiger partial charge in [0.2, 0.25) is 0 Å². The van der Waals surface area contributed by atoms with E-state index in [1.807, 2.05) is 0 Å². The van der Waals surface area contributed by atoms with Crippen LogP contribution < -0.4 is 0 Å². The minimum absolute atomic E-state index is 0.0602. The van der Waals surface area contributed by atoms with Crippen LogP contribution in [0.1, 0.15) is 10.4 Å². The molecule has 1 aromatic carbocycles. The van der Waals surface area contributed by atoms with E-state index >= 15 is 0 Å². The number of nitrogens with one attached hydrogen (secondary N) is 1. The SMILES string of the molecule is O=C(O)c1ccc(O)c2[nH]ccc12. The predicted molar refractivity (Wildman–Crippen MR) is 46.9 cm³/mol. The molecule has 0 saturated heterocycles. The normalized spacial score (nSPS) is 10.5. The fourth-order valence-corrected chi connectivity index (χ4v) is 1.33. The molecule has 1 heterocycles. The number of aromatic amines is 1. The number of aromatic carboxylic acids is 1. The second-order valence-corrected chi connectivity index (χ2v) is 2.70. The average molecular weight is 177 g/mol. The zero-order valence-corrected chi connectivity index (χ0v) is 6.61. The fraction of sp³-hybridized carbons (Fsp3) is 0. The number of fused-ring (bicyclic) bond motifs is 1. The molecule has 3 N–H and O–H groups in total. The number of aromatic nitrogens is 1. The van der Waals surface area contributed by atoms with E-state index in [0.29, 0.717) is 10.9 Å². The monoisotopic (exact) mass is 177 g/mol. The van der Waals surface area contributed by atoms with E-state index in [9.17, 15) is 9.90 Å². The highest BCUT2D eigenvalue weighted by molar-refractivity contribution is 6.04. The lowest BCUT2D eigenvalue weighted by molar-refractivity contribution is 0.0699. The molecule has 0 atom stereocenters. The number of phenolic OH excluding ortho intramolecular Hbond substituents is 1. The Hall–Kier alpha value is -1.97. The first kappa shape index (κ1) is 7.67. The minimum Gasteiger partial charge on any atom is -0.506 e. The highest BCUT2D eigenvalue weighted by atomic mass is 16.4. The molecule has 0 amide bonds. The maximum absolute atomic E-state index is 10.7. The van der Waals surface area contributed by atoms with Crippen LogP contribution in [0.5, 0.6) is 5.75 Å². The molecule has 0 unspecified atom stereocenters. The highest BCUT2D eigenvalue weighted by Gasteiger charge is 2.10. The first-order chi connectivity index (χ1) is 6.20. The summed E-state index contributed by atoms with van der Waals surface area (Å²) in [6.07, 6.45) is 1.59. The summed E-state index contributed by atoms with van der Waals surface area (Å²) in [5.41, 5.74) is 0.647. The Balaban J connectivity index is 2.86. The van der Waals surface area contributed by atoms with Crippen LogP contribution in [0, 0.1) is 0 Å². The minimum atomic E-state index is -0.996. The molecule has 0 aliphatic carbocycles. The zero-order chi connectivity index (χ0) is 9.42. The summed E-state index contributed by atoms with van der Waals surface area (Å²) in [6.45, 7) is 0. The molecule has 13 heavy (non-hydrogen) atoms. The van der Waals surface area contributed by atoms with E-state index in [1.165, 1.54) is 12.1 Å². The number of carbonyl (C=O) groups is 1. The average Bonchev–Trinajstić information content (AvgIpc) is 2.53. The van der Waals surface area contributed by atoms with Gasteiger partial charge in [-0.05, 0) is 18.2 Å². The quantitative estimate of drug-likeness (QED) is 0.619. The van der Waals surface area contributed by atoms with E-state index in [1.54, 1.807) is 12.3 Å². The number of carboxylic acids is 1. The van der Waals surface area contributed by atoms with Gasteiger partial charge in [0.25, 0.3) is 0 Å². The van der Waals surface area contributed by atoms with Gasteiger partial charge in [-0.3, -0.25) is 0 Å². The van der Waals surface area contributed by atoms with Crippen LogP contribution in [0.2, 0.25) is 0 Å². The molecule has 66 valence electrons. The maximum atomic E-state index is 10.7. The second-order valence-electron chi connectivity index (χ2n) is 2.70. The number of hydrogen-bond donors (Lipinski definition) is 3. The Kier molecular flexibility index (Phi) is 1.48. The Labute approximate surface area is 73.4 Å². The number of rotatable bonds is 1. The number of hydrogen-bond acceptors (Lipinski definition) is 2. The molecule has 0 radical (unpaired) electrons. The van der Waals surface area contributed by atoms with Gasteiger partial charge in [-0.2, -0.15) is 0 Å². The lowest BCUT2D eigenvalue weighted by atomic mass is 10.1. The predicted octanol–water partition coefficient (Wildman–Crippen LogP) is 1.57. The van der Waals surface area contributed by atoms with E-state index < -0.39 is 5.97 Å². The number of benzene rings is 1. The van der Waals surface area contributed by atoms with Crippen molar-refractivity contribution in [3.8, 4) is 5.75 Å². The lowest BCUT2D eigenvalue weighted by Gasteiger charge is -1.98. The van der Waals surface area contributed by atoms with Crippen molar-refractivity contribution in [3.63, 3.8) is 0 Å². The number of carboxylic acid groups (broad SMARTS) is 1. The van der Waals surface area contributed by atoms with Crippen molar-refractivity contribution in [1.29, 1.82) is 0 Å². The molecular weight excluding hydrogens is 170 g/mol. The van der Waals surface area contributed by atoms with Gasteiger partial charge in [0.05, 0.1) is 11.1 Å². The molecular formula is C9H7NO3. The molecule has 4 heteroatoms. The molecule has 0 spiro atoms. The third-order valence-electron chi connectivity index (χ3n) is 1.93. The Morgan fingerprint density at radius 2 is 2.08 bits per heavy atom. The summed E-state index contributed by atoms with van der Waals surface area (Å²) in [4.78, 5) is 13.5. The van der Waals surface area contributed by atoms with Gasteiger partial charge >= 0.3 is 5.97 Å². The summed E-state index contributed by atoms with van der Waals surface area (Å²) in [5.74, 6) is -0.936. The van der Waals surface area contributed by atoms with Gasteiger partial charge in [-0.1, -0.05) is 0 Å². The largest absolute Gasteiger partial charge is 0.506 e. The van der Waals surface area contributed by atoms with Crippen LogP contribution in [0.25, 0.3) is 10.9 Å². The van der Waals surface area contributed by atoms with Crippen LogP contribution in [0.4, 0.5) is 0 Å². The third kappa shape index (κ3) is 1.03. The van der Waals surface area contributed by atoms with Gasteiger partial charge in [-0.15, -0.1) is 0 Å². The third-order valence-corrected chi connectivity index (χ3v) is 1.93. The zero-order valence-electron chi connectivity index (χ0n) is 6.61. The molecule has 0 fully saturated rings.